The molecular formula is C24H19F3N4O4S. The first-order valence-electron chi connectivity index (χ1n) is 10.6. The van der Waals surface area contributed by atoms with Crippen LogP contribution in [0.25, 0.3) is 0 Å². The van der Waals surface area contributed by atoms with Crippen molar-refractivity contribution in [3.63, 3.8) is 0 Å². The molecule has 1 N–H and O–H groups in total. The molecular weight excluding hydrogens is 497 g/mol. The maximum atomic E-state index is 13.1. The first kappa shape index (κ1) is 25.0. The van der Waals surface area contributed by atoms with E-state index in [4.69, 9.17) is 4.74 Å². The molecule has 0 radical (unpaired) electrons. The number of nitrogens with zero attached hydrogens (tertiary/aromatic N) is 3. The lowest BCUT2D eigenvalue weighted by atomic mass is 10.2. The third-order valence-electron chi connectivity index (χ3n) is 5.25. The molecule has 1 fully saturated rings. The fourth-order valence-electron chi connectivity index (χ4n) is 3.54. The maximum Gasteiger partial charge on any atom is 0.446 e. The van der Waals surface area contributed by atoms with E-state index in [-0.39, 0.29) is 34.6 Å². The van der Waals surface area contributed by atoms with Crippen LogP contribution in [0.1, 0.15) is 12.5 Å². The van der Waals surface area contributed by atoms with Gasteiger partial charge in [-0.25, -0.2) is 14.5 Å². The van der Waals surface area contributed by atoms with Gasteiger partial charge >= 0.3 is 17.6 Å². The lowest BCUT2D eigenvalue weighted by Crippen LogP contribution is -2.33. The minimum atomic E-state index is -4.45. The Balaban J connectivity index is 1.49. The Morgan fingerprint density at radius 3 is 2.44 bits per heavy atom. The topological polar surface area (TPSA) is 91.8 Å². The number of hydrogen-bond donors (Lipinski definition) is 1. The Kier molecular flexibility index (Phi) is 7.15. The highest BCUT2D eigenvalue weighted by atomic mass is 32.2. The van der Waals surface area contributed by atoms with E-state index in [2.05, 4.69) is 10.3 Å². The van der Waals surface area contributed by atoms with Crippen molar-refractivity contribution in [1.82, 2.24) is 9.88 Å². The van der Waals surface area contributed by atoms with Gasteiger partial charge in [-0.15, -0.1) is 0 Å². The molecule has 1 atom stereocenters. The fourth-order valence-corrected chi connectivity index (χ4v) is 4.08. The van der Waals surface area contributed by atoms with Crippen LogP contribution < -0.4 is 15.0 Å². The largest absolute Gasteiger partial charge is 0.446 e. The second kappa shape index (κ2) is 10.3. The van der Waals surface area contributed by atoms with Crippen molar-refractivity contribution in [1.29, 1.82) is 0 Å². The summed E-state index contributed by atoms with van der Waals surface area (Å²) in [5, 5.41) is 2.59. The number of thioether (sulfide) groups is 1. The molecule has 1 aromatic heterocycles. The first-order chi connectivity index (χ1) is 17.1. The number of carbonyl (C=O) groups is 3. The zero-order valence-corrected chi connectivity index (χ0v) is 19.5. The highest BCUT2D eigenvalue weighted by Gasteiger charge is 2.43. The number of alkyl halides is 3. The van der Waals surface area contributed by atoms with Gasteiger partial charge in [0.25, 0.3) is 5.91 Å². The lowest BCUT2D eigenvalue weighted by molar-refractivity contribution is -0.119. The Bertz CT molecular complexity index is 1270. The van der Waals surface area contributed by atoms with E-state index < -0.39 is 29.6 Å². The lowest BCUT2D eigenvalue weighted by Gasteiger charge is -2.21. The first-order valence-corrected chi connectivity index (χ1v) is 11.4. The van der Waals surface area contributed by atoms with Crippen LogP contribution in [0.3, 0.4) is 0 Å². The van der Waals surface area contributed by atoms with Crippen LogP contribution in [0, 0.1) is 0 Å². The van der Waals surface area contributed by atoms with Gasteiger partial charge in [-0.2, -0.15) is 13.2 Å². The Morgan fingerprint density at radius 1 is 1.08 bits per heavy atom. The van der Waals surface area contributed by atoms with Crippen LogP contribution in [-0.2, 0) is 11.3 Å². The number of anilines is 2. The quantitative estimate of drug-likeness (QED) is 0.336. The summed E-state index contributed by atoms with van der Waals surface area (Å²) in [6, 6.07) is 13.5. The van der Waals surface area contributed by atoms with Crippen LogP contribution in [0.15, 0.2) is 78.0 Å². The average molecular weight is 517 g/mol. The molecule has 0 spiro atoms. The fraction of sp³-hybridized carbons (Fsp3) is 0.167. The van der Waals surface area contributed by atoms with Crippen molar-refractivity contribution in [2.24, 2.45) is 0 Å². The van der Waals surface area contributed by atoms with E-state index in [1.807, 2.05) is 0 Å². The molecule has 0 aliphatic carbocycles. The number of pyridine rings is 1. The zero-order valence-electron chi connectivity index (χ0n) is 18.7. The summed E-state index contributed by atoms with van der Waals surface area (Å²) >= 11 is -0.286. The van der Waals surface area contributed by atoms with Gasteiger partial charge in [0.05, 0.1) is 24.1 Å². The Labute approximate surface area is 208 Å². The van der Waals surface area contributed by atoms with Gasteiger partial charge in [0, 0.05) is 11.1 Å². The molecule has 2 aromatic carbocycles. The minimum Gasteiger partial charge on any atom is -0.410 e. The molecule has 3 aromatic rings. The number of imide groups is 1. The number of nitrogens with one attached hydrogen (secondary N) is 1. The number of amides is 4. The summed E-state index contributed by atoms with van der Waals surface area (Å²) in [5.41, 5.74) is -3.50. The normalized spacial score (nSPS) is 15.8. The van der Waals surface area contributed by atoms with Crippen molar-refractivity contribution >= 4 is 41.2 Å². The molecule has 4 amide bonds. The predicted molar refractivity (Wildman–Crippen MR) is 127 cm³/mol. The highest BCUT2D eigenvalue weighted by Crippen LogP contribution is 2.38. The Hall–Kier alpha value is -4.06. The molecule has 12 heteroatoms. The number of aromatic nitrogens is 1. The van der Waals surface area contributed by atoms with E-state index in [1.54, 1.807) is 43.3 Å². The van der Waals surface area contributed by atoms with Crippen LogP contribution in [0.2, 0.25) is 0 Å². The highest BCUT2D eigenvalue weighted by molar-refractivity contribution is 8.00. The van der Waals surface area contributed by atoms with E-state index in [0.717, 1.165) is 4.90 Å². The van der Waals surface area contributed by atoms with Crippen molar-refractivity contribution in [2.45, 2.75) is 29.9 Å². The second-order valence-electron chi connectivity index (χ2n) is 7.66. The monoisotopic (exact) mass is 516 g/mol. The summed E-state index contributed by atoms with van der Waals surface area (Å²) in [5.74, 6) is -0.187. The summed E-state index contributed by atoms with van der Waals surface area (Å²) in [4.78, 5) is 44.5. The van der Waals surface area contributed by atoms with Gasteiger partial charge in [0.1, 0.15) is 11.8 Å². The number of hydrogen-bond acceptors (Lipinski definition) is 6. The zero-order chi connectivity index (χ0) is 25.9. The number of ether oxygens (including phenoxy) is 1. The van der Waals surface area contributed by atoms with Gasteiger partial charge in [0.2, 0.25) is 0 Å². The number of halogens is 3. The van der Waals surface area contributed by atoms with Crippen LogP contribution in [-0.4, -0.2) is 39.5 Å². The number of para-hydroxylation sites is 1. The van der Waals surface area contributed by atoms with Gasteiger partial charge in [-0.3, -0.25) is 15.1 Å². The van der Waals surface area contributed by atoms with Gasteiger partial charge in [-0.1, -0.05) is 18.2 Å². The van der Waals surface area contributed by atoms with Gasteiger partial charge < -0.3 is 9.64 Å². The standard InChI is InChI=1S/C24H19F3N4O4S/c1-15-21(32)31(17-7-9-19(10-8-17)36-24(25,26)27)23(34)30(15)14-16-11-12-28-13-20(16)29-22(33)35-18-5-3-2-4-6-18/h2-13,15H,14H2,1H3,(H,29,33). The summed E-state index contributed by atoms with van der Waals surface area (Å²) in [6.45, 7) is 1.51. The molecule has 36 heavy (non-hydrogen) atoms. The predicted octanol–water partition coefficient (Wildman–Crippen LogP) is 5.66. The van der Waals surface area contributed by atoms with Crippen LogP contribution in [0.4, 0.5) is 34.1 Å². The third kappa shape index (κ3) is 5.77. The van der Waals surface area contributed by atoms with E-state index in [0.29, 0.717) is 11.3 Å². The van der Waals surface area contributed by atoms with E-state index >= 15 is 0 Å². The third-order valence-corrected chi connectivity index (χ3v) is 5.99. The molecule has 0 bridgehead atoms. The second-order valence-corrected chi connectivity index (χ2v) is 8.80. The number of rotatable bonds is 6. The molecule has 1 saturated heterocycles. The van der Waals surface area contributed by atoms with Crippen molar-refractivity contribution in [3.8, 4) is 5.75 Å². The van der Waals surface area contributed by atoms with Gasteiger partial charge in [0.15, 0.2) is 0 Å². The van der Waals surface area contributed by atoms with E-state index in [1.165, 1.54) is 41.6 Å². The summed E-state index contributed by atoms with van der Waals surface area (Å²) < 4.78 is 43.0. The van der Waals surface area contributed by atoms with Crippen LogP contribution >= 0.6 is 11.8 Å². The van der Waals surface area contributed by atoms with Crippen molar-refractivity contribution < 1.29 is 32.3 Å². The smallest absolute Gasteiger partial charge is 0.410 e. The Morgan fingerprint density at radius 2 is 1.78 bits per heavy atom. The molecule has 2 heterocycles. The average Bonchev–Trinajstić information content (AvgIpc) is 3.03. The van der Waals surface area contributed by atoms with Crippen LogP contribution in [0.5, 0.6) is 5.75 Å². The molecule has 186 valence electrons. The molecule has 1 aliphatic heterocycles. The van der Waals surface area contributed by atoms with Crippen molar-refractivity contribution in [2.75, 3.05) is 10.2 Å². The SMILES string of the molecule is CC1C(=O)N(c2ccc(SC(F)(F)F)cc2)C(=O)N1Cc1ccncc1NC(=O)Oc1ccccc1. The molecule has 8 nitrogen and oxygen atoms in total. The summed E-state index contributed by atoms with van der Waals surface area (Å²) in [7, 11) is 0. The van der Waals surface area contributed by atoms with E-state index in [9.17, 15) is 27.6 Å². The summed E-state index contributed by atoms with van der Waals surface area (Å²) in [6.07, 6.45) is 2.11. The molecule has 0 saturated carbocycles. The minimum absolute atomic E-state index is 0.0340. The molecule has 4 rings (SSSR count). The molecule has 1 aliphatic rings. The number of benzene rings is 2. The molecule has 1 unspecified atom stereocenters. The van der Waals surface area contributed by atoms with Crippen molar-refractivity contribution in [3.05, 3.63) is 78.6 Å². The van der Waals surface area contributed by atoms with Gasteiger partial charge in [-0.05, 0) is 66.7 Å². The number of carbonyl (C=O) groups excluding carboxylic acids is 3. The number of urea groups is 1. The maximum absolute atomic E-state index is 13.1.